The summed E-state index contributed by atoms with van der Waals surface area (Å²) in [6.07, 6.45) is -8.24. The maximum atomic E-state index is 14.9. The predicted molar refractivity (Wildman–Crippen MR) is 113 cm³/mol. The Morgan fingerprint density at radius 3 is 2.89 bits per heavy atom. The van der Waals surface area contributed by atoms with Gasteiger partial charge in [-0.3, -0.25) is 9.84 Å². The minimum atomic E-state index is -4.84. The second kappa shape index (κ2) is 9.95. The van der Waals surface area contributed by atoms with E-state index in [1.54, 1.807) is 13.8 Å². The number of hydrogen-bond donors (Lipinski definition) is 3. The Bertz CT molecular complexity index is 1280. The molecule has 0 spiro atoms. The Morgan fingerprint density at radius 2 is 2.19 bits per heavy atom. The van der Waals surface area contributed by atoms with Crippen molar-refractivity contribution in [3.8, 4) is 6.07 Å². The first-order valence-electron chi connectivity index (χ1n) is 10.6. The summed E-state index contributed by atoms with van der Waals surface area (Å²) in [4.78, 5) is 15.9. The Labute approximate surface area is 200 Å². The number of nitriles is 1. The molecule has 3 aromatic heterocycles. The second-order valence-corrected chi connectivity index (χ2v) is 8.06. The maximum Gasteiger partial charge on any atom is 0.522 e. The van der Waals surface area contributed by atoms with Gasteiger partial charge >= 0.3 is 12.5 Å². The van der Waals surface area contributed by atoms with Gasteiger partial charge in [-0.25, -0.2) is 18.7 Å². The number of alkyl halides is 4. The summed E-state index contributed by atoms with van der Waals surface area (Å²) in [5.74, 6) is 0.218. The van der Waals surface area contributed by atoms with Crippen molar-refractivity contribution in [2.45, 2.75) is 51.2 Å². The van der Waals surface area contributed by atoms with Gasteiger partial charge in [-0.05, 0) is 19.9 Å². The van der Waals surface area contributed by atoms with Crippen molar-refractivity contribution in [2.75, 3.05) is 11.9 Å². The van der Waals surface area contributed by atoms with E-state index in [1.807, 2.05) is 6.07 Å². The van der Waals surface area contributed by atoms with Crippen molar-refractivity contribution in [3.05, 3.63) is 35.4 Å². The quantitative estimate of drug-likeness (QED) is 0.406. The van der Waals surface area contributed by atoms with Crippen LogP contribution in [0.15, 0.2) is 18.3 Å². The number of H-pyrrole nitrogens is 1. The number of carbonyl (C=O) groups is 1. The number of amides is 1. The molecule has 3 aromatic rings. The fraction of sp³-hybridized carbons (Fsp3) is 0.450. The first-order valence-corrected chi connectivity index (χ1v) is 10.6. The summed E-state index contributed by atoms with van der Waals surface area (Å²) in [7, 11) is 0. The van der Waals surface area contributed by atoms with Crippen LogP contribution in [0, 0.1) is 11.3 Å². The summed E-state index contributed by atoms with van der Waals surface area (Å²) >= 11 is 0. The van der Waals surface area contributed by atoms with Crippen molar-refractivity contribution in [1.29, 1.82) is 5.26 Å². The highest BCUT2D eigenvalue weighted by Crippen LogP contribution is 2.34. The smallest absolute Gasteiger partial charge is 0.441 e. The van der Waals surface area contributed by atoms with Gasteiger partial charge in [0.05, 0.1) is 24.2 Å². The lowest BCUT2D eigenvalue weighted by Crippen LogP contribution is -2.36. The van der Waals surface area contributed by atoms with E-state index < -0.39 is 37.4 Å². The summed E-state index contributed by atoms with van der Waals surface area (Å²) in [5.41, 5.74) is 0.349. The van der Waals surface area contributed by atoms with E-state index in [0.29, 0.717) is 0 Å². The van der Waals surface area contributed by atoms with Crippen LogP contribution in [0.1, 0.15) is 37.0 Å². The number of carbonyl (C=O) groups excluding carboxylic acids is 1. The van der Waals surface area contributed by atoms with Gasteiger partial charge in [0, 0.05) is 12.1 Å². The number of alkyl carbamates (subject to hydrolysis) is 1. The lowest BCUT2D eigenvalue weighted by Gasteiger charge is -2.16. The van der Waals surface area contributed by atoms with Gasteiger partial charge in [0.1, 0.15) is 24.3 Å². The average molecular weight is 512 g/mol. The number of rotatable bonds is 7. The molecule has 0 radical (unpaired) electrons. The molecule has 192 valence electrons. The summed E-state index contributed by atoms with van der Waals surface area (Å²) in [6.45, 7) is 2.47. The molecule has 4 heterocycles. The molecule has 0 aliphatic carbocycles. The summed E-state index contributed by atoms with van der Waals surface area (Å²) < 4.78 is 67.5. The van der Waals surface area contributed by atoms with Crippen LogP contribution in [0.3, 0.4) is 0 Å². The fourth-order valence-corrected chi connectivity index (χ4v) is 3.43. The third-order valence-corrected chi connectivity index (χ3v) is 4.90. The molecule has 12 nitrogen and oxygen atoms in total. The highest BCUT2D eigenvalue weighted by molar-refractivity contribution is 5.73. The average Bonchev–Trinajstić information content (AvgIpc) is 3.50. The highest BCUT2D eigenvalue weighted by atomic mass is 19.4. The molecule has 3 N–H and O–H groups in total. The van der Waals surface area contributed by atoms with Gasteiger partial charge in [-0.2, -0.15) is 15.5 Å². The van der Waals surface area contributed by atoms with Crippen molar-refractivity contribution in [3.63, 3.8) is 0 Å². The zero-order chi connectivity index (χ0) is 26.0. The van der Waals surface area contributed by atoms with Gasteiger partial charge in [0.15, 0.2) is 29.6 Å². The minimum Gasteiger partial charge on any atom is -0.441 e. The molecule has 1 fully saturated rings. The number of halogens is 4. The van der Waals surface area contributed by atoms with Crippen LogP contribution in [-0.4, -0.2) is 62.2 Å². The van der Waals surface area contributed by atoms with Crippen LogP contribution < -0.4 is 10.6 Å². The van der Waals surface area contributed by atoms with E-state index in [1.165, 1.54) is 22.8 Å². The van der Waals surface area contributed by atoms with Crippen molar-refractivity contribution in [1.82, 2.24) is 30.1 Å². The standard InChI is InChI=1S/C20H20F4N8O4/c1-9(2)26-19(33)36-14-8-34-17(16(14)21)12-4-15(30-29-12)28-18-13-3-10(7-35-20(22,23)24)31-32(13)6-11(5-25)27-18/h3-4,6,9,14,16-17H,7-8H2,1-2H3,(H,26,33)(H2,27,28,29,30)/t14-,16-,17-/m0/s1. The van der Waals surface area contributed by atoms with E-state index in [0.717, 1.165) is 0 Å². The van der Waals surface area contributed by atoms with Crippen molar-refractivity contribution in [2.24, 2.45) is 0 Å². The normalized spacial score (nSPS) is 20.0. The number of fused-ring (bicyclic) bond motifs is 1. The summed E-state index contributed by atoms with van der Waals surface area (Å²) in [5, 5.41) is 25.2. The molecular formula is C20H20F4N8O4. The molecule has 0 unspecified atom stereocenters. The number of hydrogen-bond acceptors (Lipinski definition) is 9. The molecule has 1 aliphatic heterocycles. The number of nitrogens with zero attached hydrogens (tertiary/aromatic N) is 5. The van der Waals surface area contributed by atoms with Gasteiger partial charge in [-0.1, -0.05) is 0 Å². The van der Waals surface area contributed by atoms with Gasteiger partial charge < -0.3 is 20.1 Å². The largest absolute Gasteiger partial charge is 0.522 e. The van der Waals surface area contributed by atoms with Crippen LogP contribution in [0.25, 0.3) is 5.52 Å². The molecule has 1 amide bonds. The lowest BCUT2D eigenvalue weighted by molar-refractivity contribution is -0.330. The Kier molecular flexibility index (Phi) is 6.95. The Balaban J connectivity index is 1.49. The molecule has 4 rings (SSSR count). The van der Waals surface area contributed by atoms with E-state index in [2.05, 4.69) is 35.7 Å². The molecule has 16 heteroatoms. The van der Waals surface area contributed by atoms with Crippen molar-refractivity contribution < 1.29 is 36.6 Å². The number of nitrogens with one attached hydrogen (secondary N) is 3. The Morgan fingerprint density at radius 1 is 1.42 bits per heavy atom. The SMILES string of the molecule is CC(C)NC(=O)O[C@H]1CO[C@@H](c2cc(Nc3nc(C#N)cn4nc(COC(F)(F)F)cc34)n[nH]2)[C@H]1F. The van der Waals surface area contributed by atoms with Gasteiger partial charge in [0.25, 0.3) is 0 Å². The minimum absolute atomic E-state index is 0.0536. The highest BCUT2D eigenvalue weighted by Gasteiger charge is 2.42. The zero-order valence-corrected chi connectivity index (χ0v) is 18.8. The lowest BCUT2D eigenvalue weighted by atomic mass is 10.1. The molecular weight excluding hydrogens is 492 g/mol. The first kappa shape index (κ1) is 25.1. The van der Waals surface area contributed by atoms with Crippen molar-refractivity contribution >= 4 is 23.2 Å². The molecule has 1 aliphatic rings. The van der Waals surface area contributed by atoms with Crippen LogP contribution in [0.2, 0.25) is 0 Å². The van der Waals surface area contributed by atoms with E-state index >= 15 is 0 Å². The zero-order valence-electron chi connectivity index (χ0n) is 18.8. The van der Waals surface area contributed by atoms with Gasteiger partial charge in [0.2, 0.25) is 0 Å². The molecule has 0 saturated carbocycles. The van der Waals surface area contributed by atoms with Gasteiger partial charge in [-0.15, -0.1) is 13.2 Å². The number of anilines is 2. The number of ether oxygens (including phenoxy) is 3. The number of aromatic nitrogens is 5. The Hall–Kier alpha value is -3.97. The van der Waals surface area contributed by atoms with Crippen LogP contribution in [0.4, 0.5) is 34.0 Å². The summed E-state index contributed by atoms with van der Waals surface area (Å²) in [6, 6.07) is 4.38. The second-order valence-electron chi connectivity index (χ2n) is 8.06. The molecule has 0 aromatic carbocycles. The van der Waals surface area contributed by atoms with Crippen LogP contribution >= 0.6 is 0 Å². The predicted octanol–water partition coefficient (Wildman–Crippen LogP) is 3.02. The first-order chi connectivity index (χ1) is 17.0. The monoisotopic (exact) mass is 512 g/mol. The van der Waals surface area contributed by atoms with Crippen LogP contribution in [0.5, 0.6) is 0 Å². The molecule has 1 saturated heterocycles. The van der Waals surface area contributed by atoms with Crippen LogP contribution in [-0.2, 0) is 20.8 Å². The fourth-order valence-electron chi connectivity index (χ4n) is 3.43. The van der Waals surface area contributed by atoms with E-state index in [9.17, 15) is 27.6 Å². The molecule has 3 atom stereocenters. The molecule has 36 heavy (non-hydrogen) atoms. The molecule has 0 bridgehead atoms. The third-order valence-electron chi connectivity index (χ3n) is 4.90. The topological polar surface area (TPSA) is 151 Å². The number of aromatic amines is 1. The van der Waals surface area contributed by atoms with E-state index in [-0.39, 0.29) is 46.9 Å². The third kappa shape index (κ3) is 5.80. The maximum absolute atomic E-state index is 14.9. The van der Waals surface area contributed by atoms with E-state index in [4.69, 9.17) is 9.47 Å².